The van der Waals surface area contributed by atoms with Gasteiger partial charge in [-0.2, -0.15) is 0 Å². The van der Waals surface area contributed by atoms with E-state index in [0.29, 0.717) is 0 Å². The fourth-order valence-electron chi connectivity index (χ4n) is 2.24. The van der Waals surface area contributed by atoms with Crippen molar-refractivity contribution < 1.29 is 0 Å². The molecule has 2 aromatic carbocycles. The molecular formula is C17H20ClN. The molecule has 0 aliphatic carbocycles. The van der Waals surface area contributed by atoms with Crippen molar-refractivity contribution in [2.45, 2.75) is 12.8 Å². The topological polar surface area (TPSA) is 3.24 Å². The lowest BCUT2D eigenvalue weighted by molar-refractivity contribution is 0.400. The number of nitrogens with zero attached hydrogens (tertiary/aromatic N) is 1. The molecule has 0 heterocycles. The minimum atomic E-state index is 0.786. The highest BCUT2D eigenvalue weighted by Crippen LogP contribution is 2.26. The average Bonchev–Trinajstić information content (AvgIpc) is 2.40. The van der Waals surface area contributed by atoms with Crippen LogP contribution in [-0.4, -0.2) is 25.5 Å². The summed E-state index contributed by atoms with van der Waals surface area (Å²) in [6.07, 6.45) is 2.29. The van der Waals surface area contributed by atoms with Crippen molar-refractivity contribution in [3.63, 3.8) is 0 Å². The summed E-state index contributed by atoms with van der Waals surface area (Å²) in [6.45, 7) is 1.12. The standard InChI is InChI=1S/C17H20ClN/c1-19(2)13-5-7-14-6-3-4-8-17(14)15-9-11-16(18)12-10-15/h3-4,6,8-12H,5,7,13H2,1-2H3. The SMILES string of the molecule is CN(C)CCCc1ccccc1-c1ccc(Cl)cc1. The highest BCUT2D eigenvalue weighted by Gasteiger charge is 2.04. The van der Waals surface area contributed by atoms with E-state index in [1.54, 1.807) is 0 Å². The van der Waals surface area contributed by atoms with Crippen LogP contribution in [0, 0.1) is 0 Å². The first-order valence-corrected chi connectivity index (χ1v) is 7.03. The maximum absolute atomic E-state index is 5.95. The van der Waals surface area contributed by atoms with Gasteiger partial charge in [0, 0.05) is 5.02 Å². The highest BCUT2D eigenvalue weighted by atomic mass is 35.5. The van der Waals surface area contributed by atoms with Crippen LogP contribution in [0.15, 0.2) is 48.5 Å². The van der Waals surface area contributed by atoms with Gasteiger partial charge < -0.3 is 4.90 Å². The van der Waals surface area contributed by atoms with Crippen molar-refractivity contribution in [1.82, 2.24) is 4.90 Å². The second-order valence-corrected chi connectivity index (χ2v) is 5.51. The molecule has 0 aromatic heterocycles. The summed E-state index contributed by atoms with van der Waals surface area (Å²) in [6, 6.07) is 16.7. The average molecular weight is 274 g/mol. The molecule has 0 saturated heterocycles. The van der Waals surface area contributed by atoms with Crippen LogP contribution in [-0.2, 0) is 6.42 Å². The first kappa shape index (κ1) is 14.1. The number of benzene rings is 2. The summed E-state index contributed by atoms with van der Waals surface area (Å²) in [4.78, 5) is 2.23. The molecule has 0 amide bonds. The third-order valence-electron chi connectivity index (χ3n) is 3.22. The lowest BCUT2D eigenvalue weighted by Gasteiger charge is -2.12. The summed E-state index contributed by atoms with van der Waals surface area (Å²) < 4.78 is 0. The number of aryl methyl sites for hydroxylation is 1. The zero-order valence-electron chi connectivity index (χ0n) is 11.6. The Hall–Kier alpha value is -1.31. The van der Waals surface area contributed by atoms with Gasteiger partial charge in [-0.3, -0.25) is 0 Å². The molecule has 0 spiro atoms. The predicted octanol–water partition coefficient (Wildman–Crippen LogP) is 4.50. The van der Waals surface area contributed by atoms with Gasteiger partial charge in [-0.25, -0.2) is 0 Å². The number of hydrogen-bond donors (Lipinski definition) is 0. The Bertz CT molecular complexity index is 517. The van der Waals surface area contributed by atoms with Crippen molar-refractivity contribution in [3.05, 3.63) is 59.1 Å². The van der Waals surface area contributed by atoms with Gasteiger partial charge in [0.25, 0.3) is 0 Å². The Morgan fingerprint density at radius 2 is 1.63 bits per heavy atom. The van der Waals surface area contributed by atoms with Crippen LogP contribution >= 0.6 is 11.6 Å². The number of hydrogen-bond acceptors (Lipinski definition) is 1. The third-order valence-corrected chi connectivity index (χ3v) is 3.48. The van der Waals surface area contributed by atoms with Crippen molar-refractivity contribution in [2.75, 3.05) is 20.6 Å². The van der Waals surface area contributed by atoms with Gasteiger partial charge in [-0.1, -0.05) is 48.0 Å². The van der Waals surface area contributed by atoms with Gasteiger partial charge in [0.05, 0.1) is 0 Å². The summed E-state index contributed by atoms with van der Waals surface area (Å²) in [5.41, 5.74) is 3.97. The maximum Gasteiger partial charge on any atom is 0.0406 e. The lowest BCUT2D eigenvalue weighted by Crippen LogP contribution is -2.13. The Morgan fingerprint density at radius 3 is 2.32 bits per heavy atom. The van der Waals surface area contributed by atoms with Crippen molar-refractivity contribution in [2.24, 2.45) is 0 Å². The van der Waals surface area contributed by atoms with E-state index in [1.807, 2.05) is 12.1 Å². The Balaban J connectivity index is 2.18. The van der Waals surface area contributed by atoms with Crippen LogP contribution < -0.4 is 0 Å². The minimum Gasteiger partial charge on any atom is -0.309 e. The van der Waals surface area contributed by atoms with Gasteiger partial charge in [-0.05, 0) is 62.3 Å². The van der Waals surface area contributed by atoms with Crippen molar-refractivity contribution in [1.29, 1.82) is 0 Å². The van der Waals surface area contributed by atoms with E-state index in [-0.39, 0.29) is 0 Å². The second kappa shape index (κ2) is 6.74. The molecule has 2 rings (SSSR count). The van der Waals surface area contributed by atoms with E-state index in [9.17, 15) is 0 Å². The zero-order chi connectivity index (χ0) is 13.7. The van der Waals surface area contributed by atoms with Crippen LogP contribution in [0.1, 0.15) is 12.0 Å². The van der Waals surface area contributed by atoms with E-state index >= 15 is 0 Å². The molecule has 0 fully saturated rings. The van der Waals surface area contributed by atoms with Crippen LogP contribution in [0.4, 0.5) is 0 Å². The van der Waals surface area contributed by atoms with E-state index in [1.165, 1.54) is 23.1 Å². The second-order valence-electron chi connectivity index (χ2n) is 5.07. The number of rotatable bonds is 5. The number of halogens is 1. The largest absolute Gasteiger partial charge is 0.309 e. The van der Waals surface area contributed by atoms with E-state index in [0.717, 1.165) is 18.0 Å². The summed E-state index contributed by atoms with van der Waals surface area (Å²) in [7, 11) is 4.23. The molecular weight excluding hydrogens is 254 g/mol. The van der Waals surface area contributed by atoms with Crippen LogP contribution in [0.5, 0.6) is 0 Å². The monoisotopic (exact) mass is 273 g/mol. The molecule has 0 aliphatic heterocycles. The first-order chi connectivity index (χ1) is 9.16. The van der Waals surface area contributed by atoms with E-state index in [2.05, 4.69) is 55.4 Å². The first-order valence-electron chi connectivity index (χ1n) is 6.65. The molecule has 0 N–H and O–H groups in total. The van der Waals surface area contributed by atoms with E-state index < -0.39 is 0 Å². The molecule has 1 nitrogen and oxygen atoms in total. The fraction of sp³-hybridized carbons (Fsp3) is 0.294. The molecule has 0 saturated carbocycles. The normalized spacial score (nSPS) is 10.9. The molecule has 19 heavy (non-hydrogen) atoms. The Morgan fingerprint density at radius 1 is 0.947 bits per heavy atom. The fourth-order valence-corrected chi connectivity index (χ4v) is 2.36. The molecule has 0 radical (unpaired) electrons. The molecule has 0 atom stereocenters. The smallest absolute Gasteiger partial charge is 0.0406 e. The van der Waals surface area contributed by atoms with Gasteiger partial charge in [0.15, 0.2) is 0 Å². The molecule has 0 aliphatic rings. The van der Waals surface area contributed by atoms with Crippen LogP contribution in [0.3, 0.4) is 0 Å². The third kappa shape index (κ3) is 4.09. The van der Waals surface area contributed by atoms with Crippen LogP contribution in [0.2, 0.25) is 5.02 Å². The molecule has 2 heteroatoms. The van der Waals surface area contributed by atoms with Crippen LogP contribution in [0.25, 0.3) is 11.1 Å². The van der Waals surface area contributed by atoms with Crippen molar-refractivity contribution in [3.8, 4) is 11.1 Å². The predicted molar refractivity (Wildman–Crippen MR) is 83.8 cm³/mol. The summed E-state index contributed by atoms with van der Waals surface area (Å²) in [5, 5.41) is 0.786. The summed E-state index contributed by atoms with van der Waals surface area (Å²) >= 11 is 5.95. The Kier molecular flexibility index (Phi) is 5.00. The minimum absolute atomic E-state index is 0.786. The van der Waals surface area contributed by atoms with Gasteiger partial charge in [0.1, 0.15) is 0 Å². The lowest BCUT2D eigenvalue weighted by atomic mass is 9.97. The molecule has 100 valence electrons. The Labute approximate surface area is 120 Å². The summed E-state index contributed by atoms with van der Waals surface area (Å²) in [5.74, 6) is 0. The highest BCUT2D eigenvalue weighted by molar-refractivity contribution is 6.30. The van der Waals surface area contributed by atoms with Crippen molar-refractivity contribution >= 4 is 11.6 Å². The molecule has 0 unspecified atom stereocenters. The van der Waals surface area contributed by atoms with Gasteiger partial charge in [-0.15, -0.1) is 0 Å². The molecule has 0 bridgehead atoms. The van der Waals surface area contributed by atoms with E-state index in [4.69, 9.17) is 11.6 Å². The quantitative estimate of drug-likeness (QED) is 0.775. The van der Waals surface area contributed by atoms with Gasteiger partial charge >= 0.3 is 0 Å². The molecule has 2 aromatic rings. The zero-order valence-corrected chi connectivity index (χ0v) is 12.3. The maximum atomic E-state index is 5.95. The van der Waals surface area contributed by atoms with Gasteiger partial charge in [0.2, 0.25) is 0 Å².